The third-order valence-electron chi connectivity index (χ3n) is 3.19. The summed E-state index contributed by atoms with van der Waals surface area (Å²) in [7, 11) is 0. The maximum absolute atomic E-state index is 9.88. The number of nitrogens with one attached hydrogen (secondary N) is 1. The molecule has 0 radical (unpaired) electrons. The van der Waals surface area contributed by atoms with Gasteiger partial charge in [0.1, 0.15) is 18.5 Å². The van der Waals surface area contributed by atoms with Crippen LogP contribution in [-0.2, 0) is 13.0 Å². The van der Waals surface area contributed by atoms with Crippen molar-refractivity contribution >= 4 is 0 Å². The molecular formula is C17H22N2O2. The Bertz CT molecular complexity index is 514. The van der Waals surface area contributed by atoms with Crippen molar-refractivity contribution in [2.45, 2.75) is 26.0 Å². The molecule has 1 unspecified atom stereocenters. The lowest BCUT2D eigenvalue weighted by Gasteiger charge is -2.13. The van der Waals surface area contributed by atoms with Crippen LogP contribution in [0.4, 0.5) is 0 Å². The molecule has 112 valence electrons. The average Bonchev–Trinajstić information content (AvgIpc) is 2.54. The summed E-state index contributed by atoms with van der Waals surface area (Å²) in [6.07, 6.45) is 2.23. The molecule has 0 spiro atoms. The number of ether oxygens (including phenoxy) is 1. The Balaban J connectivity index is 1.66. The van der Waals surface area contributed by atoms with Gasteiger partial charge in [0.2, 0.25) is 0 Å². The first kappa shape index (κ1) is 15.5. The first-order valence-corrected chi connectivity index (χ1v) is 7.28. The minimum Gasteiger partial charge on any atom is -0.491 e. The highest BCUT2D eigenvalue weighted by molar-refractivity contribution is 5.27. The lowest BCUT2D eigenvalue weighted by molar-refractivity contribution is 0.106. The summed E-state index contributed by atoms with van der Waals surface area (Å²) < 4.78 is 5.56. The summed E-state index contributed by atoms with van der Waals surface area (Å²) in [5.74, 6) is 0.788. The molecule has 1 heterocycles. The molecule has 0 saturated carbocycles. The number of aryl methyl sites for hydroxylation is 1. The molecular weight excluding hydrogens is 264 g/mol. The van der Waals surface area contributed by atoms with E-state index in [1.165, 1.54) is 5.56 Å². The first-order valence-electron chi connectivity index (χ1n) is 7.28. The summed E-state index contributed by atoms with van der Waals surface area (Å²) in [6, 6.07) is 13.7. The Kier molecular flexibility index (Phi) is 6.19. The molecule has 0 aliphatic heterocycles. The van der Waals surface area contributed by atoms with Gasteiger partial charge >= 0.3 is 0 Å². The van der Waals surface area contributed by atoms with Crippen molar-refractivity contribution < 1.29 is 9.84 Å². The van der Waals surface area contributed by atoms with Crippen LogP contribution < -0.4 is 10.1 Å². The molecule has 1 aromatic heterocycles. The Morgan fingerprint density at radius 2 is 2.00 bits per heavy atom. The molecule has 2 rings (SSSR count). The van der Waals surface area contributed by atoms with E-state index in [0.717, 1.165) is 17.9 Å². The molecule has 21 heavy (non-hydrogen) atoms. The van der Waals surface area contributed by atoms with Crippen LogP contribution in [0.15, 0.2) is 48.7 Å². The molecule has 0 saturated heterocycles. The maximum Gasteiger partial charge on any atom is 0.119 e. The van der Waals surface area contributed by atoms with Crippen molar-refractivity contribution in [2.75, 3.05) is 13.2 Å². The summed E-state index contributed by atoms with van der Waals surface area (Å²) >= 11 is 0. The van der Waals surface area contributed by atoms with Crippen molar-refractivity contribution in [3.8, 4) is 5.75 Å². The van der Waals surface area contributed by atoms with Gasteiger partial charge in [-0.25, -0.2) is 0 Å². The van der Waals surface area contributed by atoms with Gasteiger partial charge in [-0.2, -0.15) is 0 Å². The largest absolute Gasteiger partial charge is 0.491 e. The highest BCUT2D eigenvalue weighted by Crippen LogP contribution is 2.12. The zero-order chi connectivity index (χ0) is 14.9. The van der Waals surface area contributed by atoms with Gasteiger partial charge in [-0.1, -0.05) is 25.1 Å². The van der Waals surface area contributed by atoms with Gasteiger partial charge in [0, 0.05) is 19.3 Å². The number of rotatable bonds is 8. The van der Waals surface area contributed by atoms with E-state index in [9.17, 15) is 5.11 Å². The smallest absolute Gasteiger partial charge is 0.119 e. The lowest BCUT2D eigenvalue weighted by Crippen LogP contribution is -2.31. The van der Waals surface area contributed by atoms with E-state index in [1.54, 1.807) is 6.20 Å². The van der Waals surface area contributed by atoms with E-state index in [-0.39, 0.29) is 6.61 Å². The van der Waals surface area contributed by atoms with Gasteiger partial charge in [-0.15, -0.1) is 0 Å². The molecule has 2 aromatic rings. The molecule has 0 aliphatic carbocycles. The van der Waals surface area contributed by atoms with Gasteiger partial charge in [-0.3, -0.25) is 4.98 Å². The Morgan fingerprint density at radius 3 is 2.67 bits per heavy atom. The van der Waals surface area contributed by atoms with Crippen molar-refractivity contribution in [3.63, 3.8) is 0 Å². The molecule has 4 heteroatoms. The topological polar surface area (TPSA) is 54.4 Å². The molecule has 0 fully saturated rings. The number of nitrogens with zero attached hydrogens (tertiary/aromatic N) is 1. The fraction of sp³-hybridized carbons (Fsp3) is 0.353. The Hall–Kier alpha value is -1.91. The molecule has 0 amide bonds. The van der Waals surface area contributed by atoms with E-state index >= 15 is 0 Å². The van der Waals surface area contributed by atoms with Crippen molar-refractivity contribution in [1.82, 2.24) is 10.3 Å². The maximum atomic E-state index is 9.88. The summed E-state index contributed by atoms with van der Waals surface area (Å²) in [5.41, 5.74) is 2.24. The first-order chi connectivity index (χ1) is 10.3. The van der Waals surface area contributed by atoms with Gasteiger partial charge in [0.25, 0.3) is 0 Å². The predicted molar refractivity (Wildman–Crippen MR) is 83.3 cm³/mol. The predicted octanol–water partition coefficient (Wildman–Crippen LogP) is 2.17. The minimum atomic E-state index is -0.542. The van der Waals surface area contributed by atoms with E-state index in [1.807, 2.05) is 42.5 Å². The second-order valence-corrected chi connectivity index (χ2v) is 4.91. The fourth-order valence-corrected chi connectivity index (χ4v) is 1.94. The van der Waals surface area contributed by atoms with E-state index < -0.39 is 6.10 Å². The van der Waals surface area contributed by atoms with Gasteiger partial charge in [-0.05, 0) is 36.2 Å². The number of hydrogen-bond donors (Lipinski definition) is 2. The third kappa shape index (κ3) is 5.53. The normalized spacial score (nSPS) is 12.1. The second kappa shape index (κ2) is 8.39. The average molecular weight is 286 g/mol. The highest BCUT2D eigenvalue weighted by atomic mass is 16.5. The zero-order valence-corrected chi connectivity index (χ0v) is 12.3. The lowest BCUT2D eigenvalue weighted by atomic mass is 10.2. The number of aromatic nitrogens is 1. The molecule has 0 bridgehead atoms. The monoisotopic (exact) mass is 286 g/mol. The quantitative estimate of drug-likeness (QED) is 0.781. The summed E-state index contributed by atoms with van der Waals surface area (Å²) in [5, 5.41) is 13.0. The van der Waals surface area contributed by atoms with Gasteiger partial charge in [0.05, 0.1) is 5.69 Å². The Morgan fingerprint density at radius 1 is 1.19 bits per heavy atom. The minimum absolute atomic E-state index is 0.278. The van der Waals surface area contributed by atoms with Gasteiger partial charge in [0.15, 0.2) is 0 Å². The SMILES string of the molecule is CCc1ccc(OCC(O)CNCc2ccccn2)cc1. The number of hydrogen-bond acceptors (Lipinski definition) is 4. The number of aliphatic hydroxyl groups is 1. The molecule has 0 aliphatic rings. The highest BCUT2D eigenvalue weighted by Gasteiger charge is 2.05. The van der Waals surface area contributed by atoms with Crippen LogP contribution in [0.25, 0.3) is 0 Å². The van der Waals surface area contributed by atoms with Crippen LogP contribution in [0.2, 0.25) is 0 Å². The van der Waals surface area contributed by atoms with E-state index in [4.69, 9.17) is 4.74 Å². The molecule has 2 N–H and O–H groups in total. The van der Waals surface area contributed by atoms with E-state index in [0.29, 0.717) is 13.1 Å². The second-order valence-electron chi connectivity index (χ2n) is 4.91. The molecule has 1 atom stereocenters. The van der Waals surface area contributed by atoms with Crippen LogP contribution in [0, 0.1) is 0 Å². The standard InChI is InChI=1S/C17H22N2O2/c1-2-14-6-8-17(9-7-14)21-13-16(20)12-18-11-15-5-3-4-10-19-15/h3-10,16,18,20H,2,11-13H2,1H3. The Labute approximate surface area is 125 Å². The third-order valence-corrected chi connectivity index (χ3v) is 3.19. The number of benzene rings is 1. The zero-order valence-electron chi connectivity index (χ0n) is 12.3. The van der Waals surface area contributed by atoms with Crippen molar-refractivity contribution in [2.24, 2.45) is 0 Å². The number of aliphatic hydroxyl groups excluding tert-OH is 1. The van der Waals surface area contributed by atoms with E-state index in [2.05, 4.69) is 17.2 Å². The van der Waals surface area contributed by atoms with Crippen LogP contribution in [0.1, 0.15) is 18.2 Å². The number of pyridine rings is 1. The fourth-order valence-electron chi connectivity index (χ4n) is 1.94. The summed E-state index contributed by atoms with van der Waals surface area (Å²) in [6.45, 7) is 3.51. The van der Waals surface area contributed by atoms with Crippen LogP contribution in [0.5, 0.6) is 5.75 Å². The molecule has 1 aromatic carbocycles. The molecule has 4 nitrogen and oxygen atoms in total. The van der Waals surface area contributed by atoms with Crippen LogP contribution >= 0.6 is 0 Å². The van der Waals surface area contributed by atoms with Crippen molar-refractivity contribution in [1.29, 1.82) is 0 Å². The van der Waals surface area contributed by atoms with Crippen LogP contribution in [0.3, 0.4) is 0 Å². The van der Waals surface area contributed by atoms with Crippen LogP contribution in [-0.4, -0.2) is 29.3 Å². The summed E-state index contributed by atoms with van der Waals surface area (Å²) in [4.78, 5) is 4.21. The van der Waals surface area contributed by atoms with Gasteiger partial charge < -0.3 is 15.2 Å². The van der Waals surface area contributed by atoms with Crippen molar-refractivity contribution in [3.05, 3.63) is 59.9 Å².